The van der Waals surface area contributed by atoms with Gasteiger partial charge in [-0.2, -0.15) is 0 Å². The van der Waals surface area contributed by atoms with Gasteiger partial charge in [-0.1, -0.05) is 26.0 Å². The molecule has 35 heavy (non-hydrogen) atoms. The van der Waals surface area contributed by atoms with Crippen LogP contribution in [0.25, 0.3) is 0 Å². The molecule has 0 saturated carbocycles. The number of aryl methyl sites for hydroxylation is 1. The van der Waals surface area contributed by atoms with E-state index in [1.54, 1.807) is 38.1 Å². The third-order valence-electron chi connectivity index (χ3n) is 5.65. The van der Waals surface area contributed by atoms with Gasteiger partial charge in [-0.15, -0.1) is 11.3 Å². The van der Waals surface area contributed by atoms with Crippen molar-refractivity contribution in [2.45, 2.75) is 52.5 Å². The number of hydrogen-bond acceptors (Lipinski definition) is 7. The smallest absolute Gasteiger partial charge is 0.329 e. The van der Waals surface area contributed by atoms with Gasteiger partial charge in [-0.25, -0.2) is 4.79 Å². The molecule has 0 bridgehead atoms. The van der Waals surface area contributed by atoms with Crippen molar-refractivity contribution in [2.24, 2.45) is 11.7 Å². The largest absolute Gasteiger partial charge is 0.493 e. The van der Waals surface area contributed by atoms with E-state index in [9.17, 15) is 19.2 Å². The number of ether oxygens (including phenoxy) is 2. The molecule has 0 saturated heterocycles. The van der Waals surface area contributed by atoms with Crippen LogP contribution in [-0.2, 0) is 27.2 Å². The minimum atomic E-state index is -0.972. The summed E-state index contributed by atoms with van der Waals surface area (Å²) < 4.78 is 10.7. The molecule has 0 unspecified atom stereocenters. The molecule has 1 aromatic carbocycles. The van der Waals surface area contributed by atoms with Gasteiger partial charge in [0.15, 0.2) is 6.61 Å². The minimum Gasteiger partial charge on any atom is -0.493 e. The second-order valence-electron chi connectivity index (χ2n) is 8.56. The maximum absolute atomic E-state index is 12.8. The highest BCUT2D eigenvalue weighted by molar-refractivity contribution is 7.17. The highest BCUT2D eigenvalue weighted by atomic mass is 32.1. The lowest BCUT2D eigenvalue weighted by atomic mass is 9.95. The van der Waals surface area contributed by atoms with Crippen LogP contribution in [0.2, 0.25) is 0 Å². The zero-order chi connectivity index (χ0) is 25.5. The Labute approximate surface area is 208 Å². The first-order chi connectivity index (χ1) is 16.7. The molecular weight excluding hydrogens is 470 g/mol. The SMILES string of the molecule is CCOc1ccccc1C(=O)N[C@H](C(=O)OCC(=O)Nc1sc2c(c1C(N)=O)CCCC2)C(C)C. The van der Waals surface area contributed by atoms with Crippen LogP contribution in [-0.4, -0.2) is 42.9 Å². The lowest BCUT2D eigenvalue weighted by Gasteiger charge is -2.21. The maximum atomic E-state index is 12.8. The molecule has 4 N–H and O–H groups in total. The van der Waals surface area contributed by atoms with E-state index < -0.39 is 36.3 Å². The number of rotatable bonds is 10. The van der Waals surface area contributed by atoms with Gasteiger partial charge < -0.3 is 25.8 Å². The van der Waals surface area contributed by atoms with Crippen molar-refractivity contribution >= 4 is 40.0 Å². The van der Waals surface area contributed by atoms with Crippen LogP contribution < -0.4 is 21.1 Å². The van der Waals surface area contributed by atoms with Gasteiger partial charge in [0.1, 0.15) is 16.8 Å². The number of amides is 3. The van der Waals surface area contributed by atoms with E-state index >= 15 is 0 Å². The van der Waals surface area contributed by atoms with Crippen LogP contribution in [0.5, 0.6) is 5.75 Å². The Hall–Kier alpha value is -3.40. The van der Waals surface area contributed by atoms with Crippen LogP contribution >= 0.6 is 11.3 Å². The Kier molecular flexibility index (Phi) is 8.86. The fourth-order valence-electron chi connectivity index (χ4n) is 3.96. The molecule has 2 aromatic rings. The molecule has 1 atom stereocenters. The van der Waals surface area contributed by atoms with E-state index in [1.165, 1.54) is 11.3 Å². The van der Waals surface area contributed by atoms with Crippen LogP contribution in [0.15, 0.2) is 24.3 Å². The molecule has 0 radical (unpaired) electrons. The number of hydrogen-bond donors (Lipinski definition) is 3. The number of carbonyl (C=O) groups is 4. The second-order valence-corrected chi connectivity index (χ2v) is 9.66. The minimum absolute atomic E-state index is 0.292. The van der Waals surface area contributed by atoms with E-state index in [-0.39, 0.29) is 5.92 Å². The summed E-state index contributed by atoms with van der Waals surface area (Å²) in [6.07, 6.45) is 3.57. The van der Waals surface area contributed by atoms with E-state index in [0.717, 1.165) is 36.1 Å². The van der Waals surface area contributed by atoms with Crippen LogP contribution in [0, 0.1) is 5.92 Å². The number of esters is 1. The molecule has 0 aliphatic heterocycles. The summed E-state index contributed by atoms with van der Waals surface area (Å²) in [6.45, 7) is 5.16. The predicted molar refractivity (Wildman–Crippen MR) is 133 cm³/mol. The fraction of sp³-hybridized carbons (Fsp3) is 0.440. The van der Waals surface area contributed by atoms with Gasteiger partial charge in [0, 0.05) is 4.88 Å². The molecule has 188 valence electrons. The first-order valence-corrected chi connectivity index (χ1v) is 12.5. The fourth-order valence-corrected chi connectivity index (χ4v) is 5.27. The number of nitrogens with one attached hydrogen (secondary N) is 2. The number of fused-ring (bicyclic) bond motifs is 1. The zero-order valence-corrected chi connectivity index (χ0v) is 21.0. The first-order valence-electron chi connectivity index (χ1n) is 11.7. The summed E-state index contributed by atoms with van der Waals surface area (Å²) in [7, 11) is 0. The van der Waals surface area contributed by atoms with Crippen LogP contribution in [0.1, 0.15) is 64.8 Å². The number of primary amides is 1. The van der Waals surface area contributed by atoms with Crippen molar-refractivity contribution < 1.29 is 28.7 Å². The lowest BCUT2D eigenvalue weighted by molar-refractivity contribution is -0.150. The Balaban J connectivity index is 1.63. The Morgan fingerprint density at radius 3 is 2.51 bits per heavy atom. The van der Waals surface area contributed by atoms with Crippen molar-refractivity contribution in [3.63, 3.8) is 0 Å². The second kappa shape index (κ2) is 11.8. The summed E-state index contributed by atoms with van der Waals surface area (Å²) in [6, 6.07) is 5.76. The van der Waals surface area contributed by atoms with E-state index in [1.807, 2.05) is 6.92 Å². The molecule has 1 aromatic heterocycles. The number of benzene rings is 1. The third kappa shape index (κ3) is 6.39. The van der Waals surface area contributed by atoms with Crippen molar-refractivity contribution in [1.82, 2.24) is 5.32 Å². The van der Waals surface area contributed by atoms with Crippen molar-refractivity contribution in [3.05, 3.63) is 45.8 Å². The normalized spacial score (nSPS) is 13.5. The van der Waals surface area contributed by atoms with Crippen molar-refractivity contribution in [3.8, 4) is 5.75 Å². The summed E-state index contributed by atoms with van der Waals surface area (Å²) in [5.41, 5.74) is 7.09. The van der Waals surface area contributed by atoms with Gasteiger partial charge in [0.05, 0.1) is 17.7 Å². The maximum Gasteiger partial charge on any atom is 0.329 e. The molecule has 0 spiro atoms. The molecular formula is C25H31N3O6S. The number of nitrogens with two attached hydrogens (primary N) is 1. The monoisotopic (exact) mass is 501 g/mol. The Bertz CT molecular complexity index is 1110. The first kappa shape index (κ1) is 26.2. The van der Waals surface area contributed by atoms with Gasteiger partial charge >= 0.3 is 5.97 Å². The van der Waals surface area contributed by atoms with E-state index in [4.69, 9.17) is 15.2 Å². The topological polar surface area (TPSA) is 137 Å². The Morgan fingerprint density at radius 1 is 1.11 bits per heavy atom. The summed E-state index contributed by atoms with van der Waals surface area (Å²) in [4.78, 5) is 51.1. The highest BCUT2D eigenvalue weighted by Crippen LogP contribution is 2.37. The molecule has 3 amide bonds. The molecule has 10 heteroatoms. The summed E-state index contributed by atoms with van der Waals surface area (Å²) in [5, 5.41) is 5.72. The highest BCUT2D eigenvalue weighted by Gasteiger charge is 2.29. The van der Waals surface area contributed by atoms with Crippen molar-refractivity contribution in [1.29, 1.82) is 0 Å². The van der Waals surface area contributed by atoms with Crippen LogP contribution in [0.4, 0.5) is 5.00 Å². The predicted octanol–water partition coefficient (Wildman–Crippen LogP) is 3.06. The number of anilines is 1. The van der Waals surface area contributed by atoms with Gasteiger partial charge in [0.2, 0.25) is 0 Å². The molecule has 3 rings (SSSR count). The molecule has 1 heterocycles. The number of carbonyl (C=O) groups excluding carboxylic acids is 4. The lowest BCUT2D eigenvalue weighted by Crippen LogP contribution is -2.46. The molecule has 0 fully saturated rings. The van der Waals surface area contributed by atoms with E-state index in [2.05, 4.69) is 10.6 Å². The number of thiophene rings is 1. The van der Waals surface area contributed by atoms with Gasteiger partial charge in [0.25, 0.3) is 17.7 Å². The summed E-state index contributed by atoms with van der Waals surface area (Å²) >= 11 is 1.33. The van der Waals surface area contributed by atoms with Gasteiger partial charge in [-0.05, 0) is 56.2 Å². The average Bonchev–Trinajstić information content (AvgIpc) is 3.19. The quantitative estimate of drug-likeness (QED) is 0.428. The molecule has 9 nitrogen and oxygen atoms in total. The summed E-state index contributed by atoms with van der Waals surface area (Å²) in [5.74, 6) is -2.28. The average molecular weight is 502 g/mol. The molecule has 1 aliphatic rings. The third-order valence-corrected chi connectivity index (χ3v) is 6.86. The van der Waals surface area contributed by atoms with Gasteiger partial charge in [-0.3, -0.25) is 14.4 Å². The molecule has 1 aliphatic carbocycles. The Morgan fingerprint density at radius 2 is 1.83 bits per heavy atom. The zero-order valence-electron chi connectivity index (χ0n) is 20.1. The van der Waals surface area contributed by atoms with E-state index in [0.29, 0.717) is 28.5 Å². The van der Waals surface area contributed by atoms with Crippen molar-refractivity contribution in [2.75, 3.05) is 18.5 Å². The standard InChI is InChI=1S/C25H31N3O6S/c1-4-33-17-11-7-5-9-15(17)23(31)28-21(14(2)3)25(32)34-13-19(29)27-24-20(22(26)30)16-10-6-8-12-18(16)35-24/h5,7,9,11,14,21H,4,6,8,10,12-13H2,1-3H3,(H2,26,30)(H,27,29)(H,28,31)/t21-/m0/s1. The number of para-hydroxylation sites is 1. The van der Waals surface area contributed by atoms with Crippen LogP contribution in [0.3, 0.4) is 0 Å².